The van der Waals surface area contributed by atoms with Gasteiger partial charge in [0.15, 0.2) is 11.5 Å². The maximum Gasteiger partial charge on any atom is 0.241 e. The average Bonchev–Trinajstić information content (AvgIpc) is 2.64. The number of hydrogen-bond donors (Lipinski definition) is 1. The minimum absolute atomic E-state index is 0.323. The van der Waals surface area contributed by atoms with Crippen molar-refractivity contribution in [2.75, 3.05) is 31.3 Å². The van der Waals surface area contributed by atoms with Crippen molar-refractivity contribution in [1.29, 1.82) is 0 Å². The number of halogens is 1. The fraction of sp³-hybridized carbons (Fsp3) is 0.316. The molecule has 9 heteroatoms. The van der Waals surface area contributed by atoms with Gasteiger partial charge in [-0.2, -0.15) is 0 Å². The van der Waals surface area contributed by atoms with E-state index in [0.29, 0.717) is 22.2 Å². The molecule has 1 amide bonds. The van der Waals surface area contributed by atoms with Crippen molar-refractivity contribution in [3.05, 3.63) is 53.1 Å². The summed E-state index contributed by atoms with van der Waals surface area (Å²) in [7, 11) is -0.605. The topological polar surface area (TPSA) is 84.9 Å². The molecule has 0 bridgehead atoms. The summed E-state index contributed by atoms with van der Waals surface area (Å²) in [6.45, 7) is 1.43. The molecule has 2 aromatic rings. The number of ether oxygens (including phenoxy) is 2. The van der Waals surface area contributed by atoms with Crippen LogP contribution in [-0.4, -0.2) is 41.3 Å². The second-order valence-electron chi connectivity index (χ2n) is 6.15. The highest BCUT2D eigenvalue weighted by molar-refractivity contribution is 7.92. The van der Waals surface area contributed by atoms with Crippen molar-refractivity contribution in [3.8, 4) is 11.5 Å². The Bertz CT molecular complexity index is 949. The molecule has 2 aromatic carbocycles. The van der Waals surface area contributed by atoms with Gasteiger partial charge in [-0.15, -0.1) is 0 Å². The minimum atomic E-state index is -3.67. The molecule has 1 atom stereocenters. The van der Waals surface area contributed by atoms with Crippen LogP contribution in [0.5, 0.6) is 11.5 Å². The summed E-state index contributed by atoms with van der Waals surface area (Å²) in [4.78, 5) is 12.5. The lowest BCUT2D eigenvalue weighted by atomic mass is 10.1. The summed E-state index contributed by atoms with van der Waals surface area (Å²) in [5.41, 5.74) is 1.11. The Balaban J connectivity index is 2.16. The van der Waals surface area contributed by atoms with Crippen molar-refractivity contribution in [2.24, 2.45) is 0 Å². The van der Waals surface area contributed by atoms with Crippen molar-refractivity contribution in [2.45, 2.75) is 13.0 Å². The smallest absolute Gasteiger partial charge is 0.241 e. The van der Waals surface area contributed by atoms with Gasteiger partial charge in [-0.25, -0.2) is 8.42 Å². The molecule has 0 fully saturated rings. The molecule has 1 unspecified atom stereocenters. The molecule has 0 heterocycles. The molecule has 28 heavy (non-hydrogen) atoms. The SMILES string of the molecule is COc1ccc(C(C)NC(=O)CN(c2cccc(Cl)c2)S(C)(=O)=O)cc1OC. The van der Waals surface area contributed by atoms with Crippen molar-refractivity contribution in [1.82, 2.24) is 5.32 Å². The molecule has 7 nitrogen and oxygen atoms in total. The van der Waals surface area contributed by atoms with Crippen LogP contribution in [0.3, 0.4) is 0 Å². The molecule has 1 N–H and O–H groups in total. The molecule has 152 valence electrons. The van der Waals surface area contributed by atoms with Gasteiger partial charge in [0, 0.05) is 5.02 Å². The third kappa shape index (κ3) is 5.53. The Kier molecular flexibility index (Phi) is 7.15. The highest BCUT2D eigenvalue weighted by atomic mass is 35.5. The van der Waals surface area contributed by atoms with E-state index in [9.17, 15) is 13.2 Å². The first-order chi connectivity index (χ1) is 13.2. The third-order valence-electron chi connectivity index (χ3n) is 4.07. The van der Waals surface area contributed by atoms with E-state index in [1.54, 1.807) is 50.4 Å². The van der Waals surface area contributed by atoms with Gasteiger partial charge in [-0.05, 0) is 42.8 Å². The number of hydrogen-bond acceptors (Lipinski definition) is 5. The Hall–Kier alpha value is -2.45. The van der Waals surface area contributed by atoms with Gasteiger partial charge in [-0.1, -0.05) is 23.7 Å². The van der Waals surface area contributed by atoms with E-state index >= 15 is 0 Å². The second-order valence-corrected chi connectivity index (χ2v) is 8.50. The molecule has 0 aliphatic heterocycles. The number of sulfonamides is 1. The van der Waals surface area contributed by atoms with E-state index in [1.165, 1.54) is 13.2 Å². The number of carbonyl (C=O) groups excluding carboxylic acids is 1. The van der Waals surface area contributed by atoms with Gasteiger partial charge in [0.1, 0.15) is 6.54 Å². The Labute approximate surface area is 170 Å². The van der Waals surface area contributed by atoms with Crippen LogP contribution in [0, 0.1) is 0 Å². The number of methoxy groups -OCH3 is 2. The lowest BCUT2D eigenvalue weighted by Gasteiger charge is -2.23. The van der Waals surface area contributed by atoms with Crippen LogP contribution in [0.25, 0.3) is 0 Å². The van der Waals surface area contributed by atoms with Crippen LogP contribution in [-0.2, 0) is 14.8 Å². The summed E-state index contributed by atoms with van der Waals surface area (Å²) >= 11 is 5.95. The van der Waals surface area contributed by atoms with Gasteiger partial charge in [-0.3, -0.25) is 9.10 Å². The number of amides is 1. The van der Waals surface area contributed by atoms with E-state index in [-0.39, 0.29) is 12.6 Å². The summed E-state index contributed by atoms with van der Waals surface area (Å²) in [5, 5.41) is 3.18. The number of carbonyl (C=O) groups is 1. The summed E-state index contributed by atoms with van der Waals surface area (Å²) in [6.07, 6.45) is 1.04. The predicted molar refractivity (Wildman–Crippen MR) is 110 cm³/mol. The number of benzene rings is 2. The lowest BCUT2D eigenvalue weighted by Crippen LogP contribution is -2.41. The van der Waals surface area contributed by atoms with Crippen LogP contribution in [0.4, 0.5) is 5.69 Å². The Morgan fingerprint density at radius 2 is 1.82 bits per heavy atom. The zero-order valence-corrected chi connectivity index (χ0v) is 17.7. The fourth-order valence-corrected chi connectivity index (χ4v) is 3.69. The summed E-state index contributed by atoms with van der Waals surface area (Å²) in [5.74, 6) is 0.666. The lowest BCUT2D eigenvalue weighted by molar-refractivity contribution is -0.120. The minimum Gasteiger partial charge on any atom is -0.493 e. The van der Waals surface area contributed by atoms with Gasteiger partial charge in [0.25, 0.3) is 0 Å². The van der Waals surface area contributed by atoms with Crippen molar-refractivity contribution >= 4 is 33.2 Å². The zero-order chi connectivity index (χ0) is 20.9. The van der Waals surface area contributed by atoms with Crippen molar-refractivity contribution in [3.63, 3.8) is 0 Å². The third-order valence-corrected chi connectivity index (χ3v) is 5.44. The summed E-state index contributed by atoms with van der Waals surface area (Å²) in [6, 6.07) is 11.3. The molecule has 0 radical (unpaired) electrons. The standard InChI is InChI=1S/C19H23ClN2O5S/c1-13(14-8-9-17(26-2)18(10-14)27-3)21-19(23)12-22(28(4,24)25)16-7-5-6-15(20)11-16/h5-11,13H,12H2,1-4H3,(H,21,23). The van der Waals surface area contributed by atoms with Crippen LogP contribution >= 0.6 is 11.6 Å². The van der Waals surface area contributed by atoms with Crippen LogP contribution in [0.1, 0.15) is 18.5 Å². The average molecular weight is 427 g/mol. The first-order valence-corrected chi connectivity index (χ1v) is 10.6. The summed E-state index contributed by atoms with van der Waals surface area (Å²) < 4.78 is 35.8. The van der Waals surface area contributed by atoms with Crippen LogP contribution < -0.4 is 19.1 Å². The number of nitrogens with one attached hydrogen (secondary N) is 1. The van der Waals surface area contributed by atoms with E-state index in [1.807, 2.05) is 0 Å². The second kappa shape index (κ2) is 9.16. The van der Waals surface area contributed by atoms with Gasteiger partial charge in [0.05, 0.1) is 32.2 Å². The molecule has 0 aromatic heterocycles. The molecule has 0 aliphatic rings. The maximum absolute atomic E-state index is 12.5. The molecule has 0 spiro atoms. The van der Waals surface area contributed by atoms with E-state index in [2.05, 4.69) is 5.32 Å². The number of nitrogens with zero attached hydrogens (tertiary/aromatic N) is 1. The maximum atomic E-state index is 12.5. The normalized spacial score (nSPS) is 12.2. The predicted octanol–water partition coefficient (Wildman–Crippen LogP) is 3.00. The molecule has 0 saturated carbocycles. The van der Waals surface area contributed by atoms with Crippen LogP contribution in [0.15, 0.2) is 42.5 Å². The quantitative estimate of drug-likeness (QED) is 0.701. The van der Waals surface area contributed by atoms with E-state index in [4.69, 9.17) is 21.1 Å². The number of rotatable bonds is 8. The molecule has 0 saturated heterocycles. The molecular formula is C19H23ClN2O5S. The fourth-order valence-electron chi connectivity index (χ4n) is 2.65. The molecular weight excluding hydrogens is 404 g/mol. The highest BCUT2D eigenvalue weighted by Crippen LogP contribution is 2.30. The largest absolute Gasteiger partial charge is 0.493 e. The number of anilines is 1. The molecule has 2 rings (SSSR count). The van der Waals surface area contributed by atoms with Crippen molar-refractivity contribution < 1.29 is 22.7 Å². The Morgan fingerprint density at radius 3 is 2.39 bits per heavy atom. The molecule has 0 aliphatic carbocycles. The van der Waals surface area contributed by atoms with Gasteiger partial charge < -0.3 is 14.8 Å². The van der Waals surface area contributed by atoms with E-state index in [0.717, 1.165) is 16.1 Å². The van der Waals surface area contributed by atoms with Crippen LogP contribution in [0.2, 0.25) is 5.02 Å². The van der Waals surface area contributed by atoms with Gasteiger partial charge >= 0.3 is 0 Å². The zero-order valence-electron chi connectivity index (χ0n) is 16.1. The Morgan fingerprint density at radius 1 is 1.14 bits per heavy atom. The first kappa shape index (κ1) is 21.8. The van der Waals surface area contributed by atoms with E-state index < -0.39 is 15.9 Å². The highest BCUT2D eigenvalue weighted by Gasteiger charge is 2.22. The van der Waals surface area contributed by atoms with Gasteiger partial charge in [0.2, 0.25) is 15.9 Å². The first-order valence-electron chi connectivity index (χ1n) is 8.40. The monoisotopic (exact) mass is 426 g/mol.